The van der Waals surface area contributed by atoms with E-state index in [2.05, 4.69) is 5.32 Å². The van der Waals surface area contributed by atoms with Crippen LogP contribution in [-0.4, -0.2) is 19.1 Å². The first kappa shape index (κ1) is 15.2. The summed E-state index contributed by atoms with van der Waals surface area (Å²) in [6.45, 7) is 2.53. The molecule has 0 aliphatic rings. The minimum absolute atomic E-state index is 0.356. The molecule has 1 aromatic rings. The van der Waals surface area contributed by atoms with Crippen LogP contribution >= 0.6 is 34.8 Å². The molecule has 98 valence electrons. The molecule has 0 spiro atoms. The van der Waals surface area contributed by atoms with Gasteiger partial charge in [-0.3, -0.25) is 0 Å². The predicted octanol–water partition coefficient (Wildman–Crippen LogP) is 4.18. The molecule has 3 nitrogen and oxygen atoms in total. The predicted molar refractivity (Wildman–Crippen MR) is 75.7 cm³/mol. The average Bonchev–Trinajstić information content (AvgIpc) is 2.31. The van der Waals surface area contributed by atoms with E-state index < -0.39 is 0 Å². The highest BCUT2D eigenvalue weighted by Crippen LogP contribution is 2.31. The average molecular weight is 309 g/mol. The largest absolute Gasteiger partial charge is 0.463 e. The van der Waals surface area contributed by atoms with Crippen molar-refractivity contribution in [1.82, 2.24) is 0 Å². The third kappa shape index (κ3) is 4.77. The molecule has 18 heavy (non-hydrogen) atoms. The van der Waals surface area contributed by atoms with Crippen LogP contribution in [0.3, 0.4) is 0 Å². The molecule has 0 fully saturated rings. The van der Waals surface area contributed by atoms with E-state index in [1.807, 2.05) is 0 Å². The number of hydrogen-bond donors (Lipinski definition) is 1. The van der Waals surface area contributed by atoms with Crippen molar-refractivity contribution in [2.75, 3.05) is 18.5 Å². The van der Waals surface area contributed by atoms with Crippen molar-refractivity contribution in [2.24, 2.45) is 0 Å². The highest BCUT2D eigenvalue weighted by Gasteiger charge is 2.04. The summed E-state index contributed by atoms with van der Waals surface area (Å²) in [6, 6.07) is 3.19. The van der Waals surface area contributed by atoms with Gasteiger partial charge in [0.2, 0.25) is 0 Å². The minimum atomic E-state index is -0.375. The Hall–Kier alpha value is -0.900. The fraction of sp³-hybridized carbons (Fsp3) is 0.250. The van der Waals surface area contributed by atoms with Gasteiger partial charge in [-0.25, -0.2) is 4.79 Å². The quantitative estimate of drug-likeness (QED) is 0.504. The minimum Gasteiger partial charge on any atom is -0.463 e. The van der Waals surface area contributed by atoms with E-state index in [0.29, 0.717) is 33.9 Å². The molecule has 1 N–H and O–H groups in total. The van der Waals surface area contributed by atoms with Crippen molar-refractivity contribution in [3.05, 3.63) is 39.4 Å². The second kappa shape index (κ2) is 7.52. The molecule has 6 heteroatoms. The lowest BCUT2D eigenvalue weighted by atomic mass is 10.3. The van der Waals surface area contributed by atoms with Crippen molar-refractivity contribution >= 4 is 46.5 Å². The Balaban J connectivity index is 2.54. The number of hydrogen-bond acceptors (Lipinski definition) is 3. The number of esters is 1. The number of rotatable bonds is 5. The van der Waals surface area contributed by atoms with Crippen LogP contribution < -0.4 is 5.32 Å². The van der Waals surface area contributed by atoms with Crippen LogP contribution in [0, 0.1) is 0 Å². The number of halogens is 3. The number of anilines is 1. The first-order valence-electron chi connectivity index (χ1n) is 5.26. The van der Waals surface area contributed by atoms with Gasteiger partial charge in [0.15, 0.2) is 0 Å². The zero-order valence-corrected chi connectivity index (χ0v) is 11.9. The molecule has 0 saturated heterocycles. The van der Waals surface area contributed by atoms with Crippen molar-refractivity contribution in [2.45, 2.75) is 6.92 Å². The second-order valence-corrected chi connectivity index (χ2v) is 4.50. The van der Waals surface area contributed by atoms with E-state index in [1.54, 1.807) is 25.1 Å². The Bertz CT molecular complexity index is 461. The summed E-state index contributed by atoms with van der Waals surface area (Å²) in [7, 11) is 0. The smallest absolute Gasteiger partial charge is 0.330 e. The Morgan fingerprint density at radius 3 is 2.61 bits per heavy atom. The van der Waals surface area contributed by atoms with E-state index in [1.165, 1.54) is 6.08 Å². The fourth-order valence-corrected chi connectivity index (χ4v) is 1.79. The lowest BCUT2D eigenvalue weighted by Gasteiger charge is -2.07. The standard InChI is InChI=1S/C12H12Cl3NO2/c1-2-18-12(17)4-3-5-16-11-7-9(14)8(13)6-10(11)15/h3-4,6-7,16H,2,5H2,1H3/b4-3+. The lowest BCUT2D eigenvalue weighted by Crippen LogP contribution is -2.02. The molecule has 1 aromatic carbocycles. The summed E-state index contributed by atoms with van der Waals surface area (Å²) in [5.74, 6) is -0.375. The van der Waals surface area contributed by atoms with Gasteiger partial charge in [-0.15, -0.1) is 0 Å². The fourth-order valence-electron chi connectivity index (χ4n) is 1.17. The van der Waals surface area contributed by atoms with E-state index in [0.717, 1.165) is 0 Å². The molecule has 0 aliphatic heterocycles. The summed E-state index contributed by atoms with van der Waals surface area (Å²) in [6.07, 6.45) is 2.98. The van der Waals surface area contributed by atoms with Crippen molar-refractivity contribution in [1.29, 1.82) is 0 Å². The van der Waals surface area contributed by atoms with Gasteiger partial charge < -0.3 is 10.1 Å². The van der Waals surface area contributed by atoms with Gasteiger partial charge in [0.25, 0.3) is 0 Å². The van der Waals surface area contributed by atoms with Crippen LogP contribution in [0.1, 0.15) is 6.92 Å². The molecule has 0 radical (unpaired) electrons. The molecule has 0 atom stereocenters. The monoisotopic (exact) mass is 307 g/mol. The first-order chi connectivity index (χ1) is 8.54. The molecule has 0 aromatic heterocycles. The van der Waals surface area contributed by atoms with Crippen LogP contribution in [0.25, 0.3) is 0 Å². The van der Waals surface area contributed by atoms with Crippen molar-refractivity contribution in [3.8, 4) is 0 Å². The maximum absolute atomic E-state index is 11.0. The van der Waals surface area contributed by atoms with E-state index >= 15 is 0 Å². The maximum atomic E-state index is 11.0. The Labute approximate surface area is 121 Å². The number of benzene rings is 1. The van der Waals surface area contributed by atoms with Gasteiger partial charge in [0, 0.05) is 12.6 Å². The zero-order valence-electron chi connectivity index (χ0n) is 9.67. The van der Waals surface area contributed by atoms with Crippen LogP contribution in [0.15, 0.2) is 24.3 Å². The van der Waals surface area contributed by atoms with E-state index in [9.17, 15) is 4.79 Å². The third-order valence-corrected chi connectivity index (χ3v) is 3.00. The molecular weight excluding hydrogens is 296 g/mol. The molecule has 0 unspecified atom stereocenters. The second-order valence-electron chi connectivity index (χ2n) is 3.28. The Kier molecular flexibility index (Phi) is 6.33. The molecule has 0 bridgehead atoms. The van der Waals surface area contributed by atoms with Gasteiger partial charge in [0.05, 0.1) is 27.4 Å². The maximum Gasteiger partial charge on any atom is 0.330 e. The lowest BCUT2D eigenvalue weighted by molar-refractivity contribution is -0.137. The summed E-state index contributed by atoms with van der Waals surface area (Å²) < 4.78 is 4.73. The van der Waals surface area contributed by atoms with Crippen LogP contribution in [0.5, 0.6) is 0 Å². The van der Waals surface area contributed by atoms with Crippen LogP contribution in [-0.2, 0) is 9.53 Å². The number of carbonyl (C=O) groups excluding carboxylic acids is 1. The van der Waals surface area contributed by atoms with Gasteiger partial charge in [-0.1, -0.05) is 40.9 Å². The SMILES string of the molecule is CCOC(=O)/C=C/CNc1cc(Cl)c(Cl)cc1Cl. The zero-order chi connectivity index (χ0) is 13.5. The van der Waals surface area contributed by atoms with Crippen LogP contribution in [0.4, 0.5) is 5.69 Å². The van der Waals surface area contributed by atoms with Crippen molar-refractivity contribution in [3.63, 3.8) is 0 Å². The van der Waals surface area contributed by atoms with Gasteiger partial charge in [0.1, 0.15) is 0 Å². The number of carbonyl (C=O) groups is 1. The Morgan fingerprint density at radius 2 is 1.94 bits per heavy atom. The highest BCUT2D eigenvalue weighted by molar-refractivity contribution is 6.44. The molecule has 0 saturated carbocycles. The molecule has 1 rings (SSSR count). The topological polar surface area (TPSA) is 38.3 Å². The third-order valence-electron chi connectivity index (χ3n) is 1.96. The summed E-state index contributed by atoms with van der Waals surface area (Å²) in [5, 5.41) is 4.29. The van der Waals surface area contributed by atoms with Gasteiger partial charge in [-0.05, 0) is 19.1 Å². The molecule has 0 aliphatic carbocycles. The Morgan fingerprint density at radius 1 is 1.28 bits per heavy atom. The van der Waals surface area contributed by atoms with Gasteiger partial charge in [-0.2, -0.15) is 0 Å². The molecular formula is C12H12Cl3NO2. The van der Waals surface area contributed by atoms with Crippen LogP contribution in [0.2, 0.25) is 15.1 Å². The molecule has 0 amide bonds. The summed E-state index contributed by atoms with van der Waals surface area (Å²) >= 11 is 17.6. The normalized spacial score (nSPS) is 10.7. The van der Waals surface area contributed by atoms with E-state index in [4.69, 9.17) is 39.5 Å². The van der Waals surface area contributed by atoms with Gasteiger partial charge >= 0.3 is 5.97 Å². The summed E-state index contributed by atoms with van der Waals surface area (Å²) in [5.41, 5.74) is 0.652. The molecule has 0 heterocycles. The van der Waals surface area contributed by atoms with E-state index in [-0.39, 0.29) is 5.97 Å². The first-order valence-corrected chi connectivity index (χ1v) is 6.39. The summed E-state index contributed by atoms with van der Waals surface area (Å²) in [4.78, 5) is 11.0. The number of ether oxygens (including phenoxy) is 1. The highest BCUT2D eigenvalue weighted by atomic mass is 35.5. The number of nitrogens with one attached hydrogen (secondary N) is 1. The van der Waals surface area contributed by atoms with Crippen molar-refractivity contribution < 1.29 is 9.53 Å².